The number of aryl methyl sites for hydroxylation is 3. The van der Waals surface area contributed by atoms with Crippen LogP contribution in [0.25, 0.3) is 26.6 Å². The Labute approximate surface area is 393 Å². The smallest absolute Gasteiger partial charge is 0.306 e. The first kappa shape index (κ1) is 47.0. The van der Waals surface area contributed by atoms with Crippen molar-refractivity contribution < 1.29 is 38.2 Å². The fourth-order valence-corrected chi connectivity index (χ4v) is 10.7. The molecule has 4 N–H and O–H groups in total. The van der Waals surface area contributed by atoms with Gasteiger partial charge >= 0.3 is 5.97 Å². The molecule has 3 aromatic heterocycles. The lowest BCUT2D eigenvalue weighted by atomic mass is 9.85. The molecule has 67 heavy (non-hydrogen) atoms. The van der Waals surface area contributed by atoms with Gasteiger partial charge in [0.25, 0.3) is 5.91 Å². The number of thiophene rings is 1. The Balaban J connectivity index is 1.02. The van der Waals surface area contributed by atoms with Gasteiger partial charge < -0.3 is 25.7 Å². The Morgan fingerprint density at radius 1 is 0.925 bits per heavy atom. The number of β-amino-alcohol motifs (C(OH)–C–C–N with tert-alkyl or cyclic N) is 1. The number of aromatic nitrogens is 4. The second kappa shape index (κ2) is 18.3. The van der Waals surface area contributed by atoms with Gasteiger partial charge in [-0.3, -0.25) is 28.7 Å². The van der Waals surface area contributed by atoms with E-state index >= 15 is 8.78 Å². The summed E-state index contributed by atoms with van der Waals surface area (Å²) in [6.45, 7) is 14.5. The van der Waals surface area contributed by atoms with Gasteiger partial charge in [-0.2, -0.15) is 0 Å². The van der Waals surface area contributed by atoms with E-state index in [1.807, 2.05) is 56.5 Å². The Kier molecular flexibility index (Phi) is 12.8. The molecule has 1 fully saturated rings. The lowest BCUT2D eigenvalue weighted by Crippen LogP contribution is -2.57. The van der Waals surface area contributed by atoms with Crippen LogP contribution in [0.15, 0.2) is 71.2 Å². The number of carbonyl (C=O) groups excluding carboxylic acids is 3. The molecule has 14 nitrogen and oxygen atoms in total. The average Bonchev–Trinajstić information content (AvgIpc) is 4.05. The maximum Gasteiger partial charge on any atom is 0.306 e. The first-order chi connectivity index (χ1) is 31.7. The van der Waals surface area contributed by atoms with Crippen LogP contribution in [-0.2, 0) is 14.4 Å². The number of aliphatic hydroxyl groups is 1. The minimum atomic E-state index is -1.29. The van der Waals surface area contributed by atoms with Crippen LogP contribution in [0.3, 0.4) is 0 Å². The van der Waals surface area contributed by atoms with E-state index in [1.54, 1.807) is 68.8 Å². The molecule has 0 radical (unpaired) electrons. The summed E-state index contributed by atoms with van der Waals surface area (Å²) in [4.78, 5) is 66.9. The normalized spacial score (nSPS) is 17.8. The van der Waals surface area contributed by atoms with Crippen molar-refractivity contribution in [3.8, 4) is 26.6 Å². The number of nitrogens with zero attached hydrogens (tertiary/aromatic N) is 6. The monoisotopic (exact) mass is 948 g/mol. The molecule has 8 rings (SSSR count). The molecule has 5 heterocycles. The molecule has 348 valence electrons. The number of benzene rings is 3. The lowest BCUT2D eigenvalue weighted by molar-refractivity contribution is -0.142. The van der Waals surface area contributed by atoms with Crippen molar-refractivity contribution in [1.82, 2.24) is 35.3 Å². The van der Waals surface area contributed by atoms with E-state index in [4.69, 9.17) is 4.99 Å². The number of aliphatic carboxylic acids is 1. The molecule has 0 spiro atoms. The largest absolute Gasteiger partial charge is 0.481 e. The van der Waals surface area contributed by atoms with Gasteiger partial charge in [0.05, 0.1) is 40.4 Å². The van der Waals surface area contributed by atoms with Crippen LogP contribution in [0.2, 0.25) is 0 Å². The number of carboxylic acids is 1. The van der Waals surface area contributed by atoms with Crippen molar-refractivity contribution in [2.45, 2.75) is 98.5 Å². The molecular formula is C49H50F2N8O6S2. The summed E-state index contributed by atoms with van der Waals surface area (Å²) in [5.74, 6) is -4.52. The van der Waals surface area contributed by atoms with Crippen molar-refractivity contribution >= 4 is 52.1 Å². The molecule has 2 aliphatic rings. The highest BCUT2D eigenvalue weighted by atomic mass is 32.1. The standard InChI is InChI=1S/C49H50F2N8O6S2/c1-23-26(4)67-48-39(23)41(54-36(20-38(61)62)44-57-56-27(5)59(44)48)30-13-11-29(12-14-30)34-17-32(18-35(50)40(34)51)45(63)55-43(49(6,7)8)47(65)58-21-33(60)19-37(58)46(64)53-24(2)28-9-15-31(16-10-28)42-25(3)52-22-66-42/h9-18,22,24,33,36-37,43,60H,19-21H2,1-8H3,(H,53,64)(H,55,63)(H,61,62)/t24-,33+,36-,37-,43+/m0/s1. The first-order valence-electron chi connectivity index (χ1n) is 21.7. The molecule has 6 aromatic rings. The number of hydrogen-bond acceptors (Lipinski definition) is 11. The second-order valence-electron chi connectivity index (χ2n) is 18.2. The van der Waals surface area contributed by atoms with E-state index < -0.39 is 71.0 Å². The van der Waals surface area contributed by atoms with Crippen LogP contribution >= 0.6 is 22.7 Å². The van der Waals surface area contributed by atoms with Crippen molar-refractivity contribution in [3.63, 3.8) is 0 Å². The fourth-order valence-electron chi connectivity index (χ4n) is 8.66. The van der Waals surface area contributed by atoms with Crippen LogP contribution in [0, 0.1) is 44.7 Å². The van der Waals surface area contributed by atoms with Crippen LogP contribution < -0.4 is 10.6 Å². The second-order valence-corrected chi connectivity index (χ2v) is 20.2. The highest BCUT2D eigenvalue weighted by Gasteiger charge is 2.45. The SMILES string of the molecule is Cc1ncsc1-c1ccc([C@H](C)NC(=O)[C@@H]2C[C@@H](O)CN2C(=O)[C@@H](NC(=O)c2cc(F)c(F)c(-c3ccc(C4=N[C@@H](CC(=O)O)c5nnc(C)n5-c5sc(C)c(C)c54)cc3)c2)C(C)(C)C)cc1. The molecule has 0 unspecified atom stereocenters. The topological polar surface area (TPSA) is 192 Å². The van der Waals surface area contributed by atoms with Gasteiger partial charge in [0.2, 0.25) is 11.8 Å². The van der Waals surface area contributed by atoms with Crippen LogP contribution in [0.5, 0.6) is 0 Å². The minimum Gasteiger partial charge on any atom is -0.481 e. The molecule has 2 aliphatic heterocycles. The predicted octanol–water partition coefficient (Wildman–Crippen LogP) is 7.98. The molecule has 3 amide bonds. The zero-order valence-electron chi connectivity index (χ0n) is 38.1. The third-order valence-electron chi connectivity index (χ3n) is 12.4. The Morgan fingerprint density at radius 3 is 2.24 bits per heavy atom. The summed E-state index contributed by atoms with van der Waals surface area (Å²) >= 11 is 3.05. The lowest BCUT2D eigenvalue weighted by Gasteiger charge is -2.35. The number of rotatable bonds is 11. The summed E-state index contributed by atoms with van der Waals surface area (Å²) < 4.78 is 33.1. The molecule has 1 saturated heterocycles. The number of hydrogen-bond donors (Lipinski definition) is 4. The number of amides is 3. The van der Waals surface area contributed by atoms with Crippen molar-refractivity contribution in [2.24, 2.45) is 10.4 Å². The molecule has 0 aliphatic carbocycles. The highest BCUT2D eigenvalue weighted by Crippen LogP contribution is 2.40. The van der Waals surface area contributed by atoms with Crippen LogP contribution in [-0.4, -0.2) is 89.0 Å². The van der Waals surface area contributed by atoms with E-state index in [2.05, 4.69) is 25.8 Å². The molecule has 5 atom stereocenters. The number of halogens is 2. The first-order valence-corrected chi connectivity index (χ1v) is 23.4. The van der Waals surface area contributed by atoms with Gasteiger partial charge in [-0.05, 0) is 74.4 Å². The van der Waals surface area contributed by atoms with E-state index in [1.165, 1.54) is 22.3 Å². The minimum absolute atomic E-state index is 0.0177. The third-order valence-corrected chi connectivity index (χ3v) is 14.6. The fraction of sp³-hybridized carbons (Fsp3) is 0.347. The Bertz CT molecular complexity index is 2960. The van der Waals surface area contributed by atoms with Crippen molar-refractivity contribution in [3.05, 3.63) is 128 Å². The van der Waals surface area contributed by atoms with Gasteiger partial charge in [0, 0.05) is 40.1 Å². The number of aliphatic imine (C=N–C) groups is 1. The van der Waals surface area contributed by atoms with Crippen molar-refractivity contribution in [2.75, 3.05) is 6.54 Å². The third kappa shape index (κ3) is 9.17. The maximum atomic E-state index is 15.7. The summed E-state index contributed by atoms with van der Waals surface area (Å²) in [6, 6.07) is 12.6. The van der Waals surface area contributed by atoms with Gasteiger partial charge in [-0.1, -0.05) is 69.3 Å². The zero-order valence-corrected chi connectivity index (χ0v) is 39.8. The van der Waals surface area contributed by atoms with E-state index in [-0.39, 0.29) is 36.1 Å². The number of fused-ring (bicyclic) bond motifs is 3. The number of carboxylic acid groups (broad SMARTS) is 1. The number of likely N-dealkylation sites (tertiary alicyclic amines) is 1. The molecule has 18 heteroatoms. The average molecular weight is 949 g/mol. The van der Waals surface area contributed by atoms with E-state index in [0.29, 0.717) is 22.9 Å². The van der Waals surface area contributed by atoms with Gasteiger partial charge in [-0.15, -0.1) is 32.9 Å². The summed E-state index contributed by atoms with van der Waals surface area (Å²) in [5, 5.41) is 35.6. The summed E-state index contributed by atoms with van der Waals surface area (Å²) in [5.41, 5.74) is 6.20. The molecular weight excluding hydrogens is 899 g/mol. The zero-order chi connectivity index (χ0) is 48.2. The van der Waals surface area contributed by atoms with Gasteiger partial charge in [-0.25, -0.2) is 13.8 Å². The summed E-state index contributed by atoms with van der Waals surface area (Å²) in [6.07, 6.45) is -1.36. The van der Waals surface area contributed by atoms with Crippen molar-refractivity contribution in [1.29, 1.82) is 0 Å². The van der Waals surface area contributed by atoms with Gasteiger partial charge in [0.15, 0.2) is 17.5 Å². The maximum absolute atomic E-state index is 15.7. The molecule has 0 saturated carbocycles. The number of aliphatic hydroxyl groups excluding tert-OH is 1. The van der Waals surface area contributed by atoms with Gasteiger partial charge in [0.1, 0.15) is 29.0 Å². The summed E-state index contributed by atoms with van der Waals surface area (Å²) in [7, 11) is 0. The number of thiazole rings is 1. The quantitative estimate of drug-likeness (QED) is 0.0997. The van der Waals surface area contributed by atoms with E-state index in [0.717, 1.165) is 48.8 Å². The highest BCUT2D eigenvalue weighted by molar-refractivity contribution is 7.15. The number of nitrogens with one attached hydrogen (secondary N) is 2. The number of carbonyl (C=O) groups is 4. The molecule has 0 bridgehead atoms. The Hall–Kier alpha value is -6.50. The predicted molar refractivity (Wildman–Crippen MR) is 252 cm³/mol. The molecule has 3 aromatic carbocycles. The van der Waals surface area contributed by atoms with Crippen LogP contribution in [0.4, 0.5) is 8.78 Å². The van der Waals surface area contributed by atoms with Crippen LogP contribution in [0.1, 0.15) is 107 Å². The van der Waals surface area contributed by atoms with E-state index in [9.17, 15) is 29.4 Å². The Morgan fingerprint density at radius 2 is 1.60 bits per heavy atom.